The SMILES string of the molecule is C1CCCCC1.CCNC1(C(N)=O)CCOCC1.Cc1cccc(F)c1F. The van der Waals surface area contributed by atoms with Crippen LogP contribution in [-0.2, 0) is 9.53 Å². The van der Waals surface area contributed by atoms with Crippen molar-refractivity contribution in [1.29, 1.82) is 0 Å². The van der Waals surface area contributed by atoms with Crippen molar-refractivity contribution in [3.05, 3.63) is 35.4 Å². The number of ether oxygens (including phenoxy) is 1. The quantitative estimate of drug-likeness (QED) is 0.819. The van der Waals surface area contributed by atoms with Crippen LogP contribution in [0.5, 0.6) is 0 Å². The van der Waals surface area contributed by atoms with Gasteiger partial charge in [-0.1, -0.05) is 57.6 Å². The van der Waals surface area contributed by atoms with Gasteiger partial charge < -0.3 is 15.8 Å². The molecule has 3 N–H and O–H groups in total. The van der Waals surface area contributed by atoms with E-state index < -0.39 is 17.2 Å². The van der Waals surface area contributed by atoms with Crippen molar-refractivity contribution in [2.75, 3.05) is 19.8 Å². The molecule has 27 heavy (non-hydrogen) atoms. The largest absolute Gasteiger partial charge is 0.381 e. The summed E-state index contributed by atoms with van der Waals surface area (Å²) in [7, 11) is 0. The van der Waals surface area contributed by atoms with Crippen LogP contribution in [0.3, 0.4) is 0 Å². The minimum Gasteiger partial charge on any atom is -0.381 e. The Kier molecular flexibility index (Phi) is 11.1. The molecule has 1 amide bonds. The first-order valence-corrected chi connectivity index (χ1v) is 9.96. The number of aryl methyl sites for hydroxylation is 1. The van der Waals surface area contributed by atoms with E-state index in [2.05, 4.69) is 5.32 Å². The van der Waals surface area contributed by atoms with E-state index in [1.807, 2.05) is 6.92 Å². The Morgan fingerprint density at radius 1 is 1.11 bits per heavy atom. The molecular formula is C21H34F2N2O2. The van der Waals surface area contributed by atoms with Crippen LogP contribution in [0.2, 0.25) is 0 Å². The number of likely N-dealkylation sites (N-methyl/N-ethyl adjacent to an activating group) is 1. The van der Waals surface area contributed by atoms with Gasteiger partial charge in [-0.3, -0.25) is 4.79 Å². The highest BCUT2D eigenvalue weighted by atomic mass is 19.2. The van der Waals surface area contributed by atoms with Gasteiger partial charge >= 0.3 is 0 Å². The summed E-state index contributed by atoms with van der Waals surface area (Å²) in [6.45, 7) is 5.51. The maximum Gasteiger partial charge on any atom is 0.237 e. The summed E-state index contributed by atoms with van der Waals surface area (Å²) in [5.41, 5.74) is 5.17. The fourth-order valence-electron chi connectivity index (χ4n) is 3.24. The van der Waals surface area contributed by atoms with Crippen molar-refractivity contribution in [3.8, 4) is 0 Å². The molecule has 1 aromatic rings. The standard InChI is InChI=1S/C8H16N2O2.C7H6F2.C6H12/c1-2-10-8(7(9)11)3-5-12-6-4-8;1-5-3-2-4-6(8)7(5)9;1-2-4-6-5-3-1/h10H,2-6H2,1H3,(H2,9,11);2-4H,1H3;1-6H2. The highest BCUT2D eigenvalue weighted by molar-refractivity contribution is 5.84. The number of carbonyl (C=O) groups is 1. The predicted molar refractivity (Wildman–Crippen MR) is 104 cm³/mol. The minimum atomic E-state index is -0.782. The van der Waals surface area contributed by atoms with Crippen molar-refractivity contribution in [2.24, 2.45) is 5.73 Å². The average Bonchev–Trinajstić information content (AvgIpc) is 2.69. The van der Waals surface area contributed by atoms with Crippen LogP contribution in [0.15, 0.2) is 18.2 Å². The van der Waals surface area contributed by atoms with Gasteiger partial charge in [0.05, 0.1) is 0 Å². The van der Waals surface area contributed by atoms with Crippen LogP contribution in [0.4, 0.5) is 8.78 Å². The minimum absolute atomic E-state index is 0.257. The molecule has 0 unspecified atom stereocenters. The molecule has 0 radical (unpaired) electrons. The van der Waals surface area contributed by atoms with E-state index in [0.717, 1.165) is 12.6 Å². The van der Waals surface area contributed by atoms with Gasteiger partial charge in [0.25, 0.3) is 0 Å². The Morgan fingerprint density at radius 2 is 1.63 bits per heavy atom. The Hall–Kier alpha value is -1.53. The van der Waals surface area contributed by atoms with Crippen LogP contribution >= 0.6 is 0 Å². The summed E-state index contributed by atoms with van der Waals surface area (Å²) < 4.78 is 29.7. The lowest BCUT2D eigenvalue weighted by atomic mass is 9.89. The van der Waals surface area contributed by atoms with E-state index >= 15 is 0 Å². The van der Waals surface area contributed by atoms with Crippen LogP contribution in [0.25, 0.3) is 0 Å². The second-order valence-electron chi connectivity index (χ2n) is 7.08. The molecule has 0 aromatic heterocycles. The van der Waals surface area contributed by atoms with Gasteiger partial charge in [0.15, 0.2) is 11.6 Å². The van der Waals surface area contributed by atoms with Gasteiger partial charge in [-0.05, 0) is 37.9 Å². The second kappa shape index (κ2) is 12.8. The van der Waals surface area contributed by atoms with E-state index in [1.54, 1.807) is 0 Å². The fraction of sp³-hybridized carbons (Fsp3) is 0.667. The maximum atomic E-state index is 12.4. The number of nitrogens with two attached hydrogens (primary N) is 1. The third-order valence-electron chi connectivity index (χ3n) is 4.98. The number of nitrogens with one attached hydrogen (secondary N) is 1. The number of amides is 1. The number of carbonyl (C=O) groups excluding carboxylic acids is 1. The zero-order chi connectivity index (χ0) is 20.1. The third kappa shape index (κ3) is 8.35. The molecule has 1 aliphatic carbocycles. The molecule has 2 fully saturated rings. The lowest BCUT2D eigenvalue weighted by Gasteiger charge is -2.34. The first kappa shape index (κ1) is 23.5. The monoisotopic (exact) mass is 384 g/mol. The van der Waals surface area contributed by atoms with Crippen LogP contribution in [0, 0.1) is 18.6 Å². The Bertz CT molecular complexity index is 520. The summed E-state index contributed by atoms with van der Waals surface area (Å²) in [5.74, 6) is -1.79. The van der Waals surface area contributed by atoms with Gasteiger partial charge in [0, 0.05) is 13.2 Å². The maximum absolute atomic E-state index is 12.4. The average molecular weight is 385 g/mol. The summed E-state index contributed by atoms with van der Waals surface area (Å²) in [6, 6.07) is 4.11. The zero-order valence-electron chi connectivity index (χ0n) is 16.7. The molecular weight excluding hydrogens is 350 g/mol. The third-order valence-corrected chi connectivity index (χ3v) is 4.98. The number of primary amides is 1. The van der Waals surface area contributed by atoms with Gasteiger partial charge in [0.1, 0.15) is 5.54 Å². The lowest BCUT2D eigenvalue weighted by Crippen LogP contribution is -2.58. The van der Waals surface area contributed by atoms with Crippen molar-refractivity contribution >= 4 is 5.91 Å². The number of halogens is 2. The first-order chi connectivity index (χ1) is 12.9. The predicted octanol–water partition coefficient (Wildman–Crippen LogP) is 4.24. The van der Waals surface area contributed by atoms with Crippen molar-refractivity contribution < 1.29 is 18.3 Å². The smallest absolute Gasteiger partial charge is 0.237 e. The molecule has 1 aromatic carbocycles. The number of benzene rings is 1. The number of hydrogen-bond acceptors (Lipinski definition) is 3. The molecule has 0 bridgehead atoms. The summed E-state index contributed by atoms with van der Waals surface area (Å²) in [6.07, 6.45) is 10.4. The molecule has 0 spiro atoms. The van der Waals surface area contributed by atoms with E-state index in [1.165, 1.54) is 57.6 Å². The van der Waals surface area contributed by atoms with Crippen LogP contribution in [-0.4, -0.2) is 31.2 Å². The van der Waals surface area contributed by atoms with E-state index in [-0.39, 0.29) is 5.91 Å². The van der Waals surface area contributed by atoms with E-state index in [4.69, 9.17) is 10.5 Å². The molecule has 1 aliphatic heterocycles. The van der Waals surface area contributed by atoms with E-state index in [0.29, 0.717) is 31.6 Å². The zero-order valence-corrected chi connectivity index (χ0v) is 16.7. The summed E-state index contributed by atoms with van der Waals surface area (Å²) in [4.78, 5) is 11.2. The van der Waals surface area contributed by atoms with Crippen LogP contribution < -0.4 is 11.1 Å². The van der Waals surface area contributed by atoms with Gasteiger partial charge in [0.2, 0.25) is 5.91 Å². The Balaban J connectivity index is 0.000000214. The number of rotatable bonds is 3. The molecule has 2 aliphatic rings. The normalized spacial score (nSPS) is 18.4. The summed E-state index contributed by atoms with van der Waals surface area (Å²) >= 11 is 0. The first-order valence-electron chi connectivity index (χ1n) is 9.96. The molecule has 1 heterocycles. The Morgan fingerprint density at radius 3 is 2.00 bits per heavy atom. The summed E-state index contributed by atoms with van der Waals surface area (Å²) in [5, 5.41) is 3.14. The van der Waals surface area contributed by atoms with Crippen molar-refractivity contribution in [3.63, 3.8) is 0 Å². The molecule has 1 saturated heterocycles. The highest BCUT2D eigenvalue weighted by Crippen LogP contribution is 2.19. The van der Waals surface area contributed by atoms with Crippen molar-refractivity contribution in [1.82, 2.24) is 5.32 Å². The van der Waals surface area contributed by atoms with Gasteiger partial charge in [-0.2, -0.15) is 0 Å². The van der Waals surface area contributed by atoms with Gasteiger partial charge in [-0.15, -0.1) is 0 Å². The topological polar surface area (TPSA) is 64.3 Å². The number of hydrogen-bond donors (Lipinski definition) is 2. The Labute approximate surface area is 161 Å². The molecule has 6 heteroatoms. The van der Waals surface area contributed by atoms with Crippen molar-refractivity contribution in [2.45, 2.75) is 70.8 Å². The highest BCUT2D eigenvalue weighted by Gasteiger charge is 2.37. The second-order valence-corrected chi connectivity index (χ2v) is 7.08. The van der Waals surface area contributed by atoms with E-state index in [9.17, 15) is 13.6 Å². The molecule has 154 valence electrons. The van der Waals surface area contributed by atoms with Crippen LogP contribution in [0.1, 0.15) is 63.9 Å². The van der Waals surface area contributed by atoms with Gasteiger partial charge in [-0.25, -0.2) is 8.78 Å². The molecule has 4 nitrogen and oxygen atoms in total. The lowest BCUT2D eigenvalue weighted by molar-refractivity contribution is -0.128. The fourth-order valence-corrected chi connectivity index (χ4v) is 3.24. The molecule has 0 atom stereocenters. The molecule has 3 rings (SSSR count). The molecule has 1 saturated carbocycles.